The van der Waals surface area contributed by atoms with Crippen LogP contribution in [0.15, 0.2) is 42.7 Å². The van der Waals surface area contributed by atoms with Crippen LogP contribution in [0.2, 0.25) is 10.0 Å². The number of anilines is 1. The van der Waals surface area contributed by atoms with Gasteiger partial charge in [-0.05, 0) is 23.8 Å². The number of aromatic nitrogens is 1. The Morgan fingerprint density at radius 1 is 1.25 bits per heavy atom. The molecule has 0 saturated heterocycles. The molecule has 1 N–H and O–H groups in total. The van der Waals surface area contributed by atoms with Gasteiger partial charge in [-0.15, -0.1) is 0 Å². The van der Waals surface area contributed by atoms with E-state index < -0.39 is 22.5 Å². The summed E-state index contributed by atoms with van der Waals surface area (Å²) >= 11 is 12.0. The number of benzene rings is 1. The van der Waals surface area contributed by atoms with Crippen LogP contribution in [0, 0.1) is 0 Å². The first-order valence-corrected chi connectivity index (χ1v) is 9.47. The molecular weight excluding hydrogens is 373 g/mol. The number of carbonyl (C=O) groups excluding carboxylic acids is 1. The summed E-state index contributed by atoms with van der Waals surface area (Å²) in [7, 11) is -3.72. The Labute approximate surface area is 150 Å². The normalized spacial score (nSPS) is 11.1. The quantitative estimate of drug-likeness (QED) is 0.825. The second-order valence-electron chi connectivity index (χ2n) is 4.98. The number of hydrogen-bond acceptors (Lipinski definition) is 4. The SMILES string of the molecule is CS(=O)(=O)N(CC(=O)NCc1cccnc1)c1cccc(Cl)c1Cl. The Kier molecular flexibility index (Phi) is 6.04. The van der Waals surface area contributed by atoms with E-state index in [1.165, 1.54) is 12.1 Å². The summed E-state index contributed by atoms with van der Waals surface area (Å²) in [6.45, 7) is -0.160. The molecule has 0 aliphatic carbocycles. The van der Waals surface area contributed by atoms with Crippen molar-refractivity contribution in [3.05, 3.63) is 58.3 Å². The van der Waals surface area contributed by atoms with Gasteiger partial charge in [0, 0.05) is 18.9 Å². The monoisotopic (exact) mass is 387 g/mol. The van der Waals surface area contributed by atoms with E-state index in [2.05, 4.69) is 10.3 Å². The second kappa shape index (κ2) is 7.83. The molecular formula is C15H15Cl2N3O3S. The summed E-state index contributed by atoms with van der Waals surface area (Å²) < 4.78 is 25.0. The Balaban J connectivity index is 2.15. The minimum Gasteiger partial charge on any atom is -0.350 e. The van der Waals surface area contributed by atoms with Gasteiger partial charge in [0.2, 0.25) is 15.9 Å². The van der Waals surface area contributed by atoms with Crippen molar-refractivity contribution in [2.75, 3.05) is 17.1 Å². The summed E-state index contributed by atoms with van der Waals surface area (Å²) in [5.41, 5.74) is 0.959. The van der Waals surface area contributed by atoms with Crippen LogP contribution in [-0.4, -0.2) is 32.1 Å². The lowest BCUT2D eigenvalue weighted by Crippen LogP contribution is -2.40. The van der Waals surface area contributed by atoms with Crippen LogP contribution in [0.25, 0.3) is 0 Å². The maximum atomic E-state index is 12.1. The molecule has 9 heteroatoms. The van der Waals surface area contributed by atoms with E-state index in [0.717, 1.165) is 16.1 Å². The Hall–Kier alpha value is -1.83. The predicted molar refractivity (Wildman–Crippen MR) is 94.7 cm³/mol. The van der Waals surface area contributed by atoms with Gasteiger partial charge < -0.3 is 5.32 Å². The molecule has 1 amide bonds. The van der Waals surface area contributed by atoms with E-state index >= 15 is 0 Å². The molecule has 2 aromatic rings. The summed E-state index contributed by atoms with van der Waals surface area (Å²) in [6.07, 6.45) is 4.24. The van der Waals surface area contributed by atoms with E-state index in [1.807, 2.05) is 0 Å². The molecule has 24 heavy (non-hydrogen) atoms. The molecule has 128 valence electrons. The highest BCUT2D eigenvalue weighted by molar-refractivity contribution is 7.92. The number of carbonyl (C=O) groups is 1. The Morgan fingerprint density at radius 2 is 2.00 bits per heavy atom. The van der Waals surface area contributed by atoms with Crippen LogP contribution in [0.5, 0.6) is 0 Å². The van der Waals surface area contributed by atoms with Crippen molar-refractivity contribution in [2.45, 2.75) is 6.54 Å². The number of nitrogens with zero attached hydrogens (tertiary/aromatic N) is 2. The summed E-state index contributed by atoms with van der Waals surface area (Å²) in [5.74, 6) is -0.472. The standard InChI is InChI=1S/C15H15Cl2N3O3S/c1-24(22,23)20(13-6-2-5-12(16)15(13)17)10-14(21)19-9-11-4-3-7-18-8-11/h2-8H,9-10H2,1H3,(H,19,21). The fraction of sp³-hybridized carbons (Fsp3) is 0.200. The van der Waals surface area contributed by atoms with Gasteiger partial charge in [-0.3, -0.25) is 14.1 Å². The van der Waals surface area contributed by atoms with Gasteiger partial charge in [0.15, 0.2) is 0 Å². The highest BCUT2D eigenvalue weighted by Crippen LogP contribution is 2.33. The largest absolute Gasteiger partial charge is 0.350 e. The van der Waals surface area contributed by atoms with Crippen LogP contribution in [0.1, 0.15) is 5.56 Å². The lowest BCUT2D eigenvalue weighted by molar-refractivity contribution is -0.119. The molecule has 1 heterocycles. The van der Waals surface area contributed by atoms with Gasteiger partial charge in [0.1, 0.15) is 6.54 Å². The van der Waals surface area contributed by atoms with Gasteiger partial charge in [-0.25, -0.2) is 8.42 Å². The van der Waals surface area contributed by atoms with Crippen molar-refractivity contribution in [1.29, 1.82) is 0 Å². The average Bonchev–Trinajstić information content (AvgIpc) is 2.53. The number of sulfonamides is 1. The molecule has 0 aliphatic rings. The van der Waals surface area contributed by atoms with E-state index in [4.69, 9.17) is 23.2 Å². The highest BCUT2D eigenvalue weighted by atomic mass is 35.5. The van der Waals surface area contributed by atoms with E-state index in [-0.39, 0.29) is 22.3 Å². The summed E-state index contributed by atoms with van der Waals surface area (Å²) in [4.78, 5) is 16.1. The predicted octanol–water partition coefficient (Wildman–Crippen LogP) is 2.47. The molecule has 2 rings (SSSR count). The molecule has 1 aromatic heterocycles. The lowest BCUT2D eigenvalue weighted by Gasteiger charge is -2.23. The molecule has 0 bridgehead atoms. The summed E-state index contributed by atoms with van der Waals surface area (Å²) in [5, 5.41) is 2.93. The number of hydrogen-bond donors (Lipinski definition) is 1. The third-order valence-electron chi connectivity index (χ3n) is 3.10. The fourth-order valence-corrected chi connectivity index (χ4v) is 3.26. The third-order valence-corrected chi connectivity index (χ3v) is 5.04. The van der Waals surface area contributed by atoms with Crippen LogP contribution < -0.4 is 9.62 Å². The van der Waals surface area contributed by atoms with Crippen molar-refractivity contribution < 1.29 is 13.2 Å². The fourth-order valence-electron chi connectivity index (χ4n) is 1.96. The Morgan fingerprint density at radius 3 is 2.62 bits per heavy atom. The maximum absolute atomic E-state index is 12.1. The third kappa shape index (κ3) is 4.83. The van der Waals surface area contributed by atoms with Crippen LogP contribution in [0.3, 0.4) is 0 Å². The molecule has 0 unspecified atom stereocenters. The van der Waals surface area contributed by atoms with Crippen molar-refractivity contribution >= 4 is 44.8 Å². The lowest BCUT2D eigenvalue weighted by atomic mass is 10.3. The van der Waals surface area contributed by atoms with Crippen LogP contribution in [0.4, 0.5) is 5.69 Å². The number of rotatable bonds is 6. The summed E-state index contributed by atoms with van der Waals surface area (Å²) in [6, 6.07) is 8.14. The average molecular weight is 388 g/mol. The zero-order chi connectivity index (χ0) is 17.7. The molecule has 0 atom stereocenters. The minimum atomic E-state index is -3.72. The highest BCUT2D eigenvalue weighted by Gasteiger charge is 2.23. The van der Waals surface area contributed by atoms with Crippen molar-refractivity contribution in [3.8, 4) is 0 Å². The van der Waals surface area contributed by atoms with Crippen LogP contribution in [-0.2, 0) is 21.4 Å². The van der Waals surface area contributed by atoms with Crippen LogP contribution >= 0.6 is 23.2 Å². The van der Waals surface area contributed by atoms with E-state index in [9.17, 15) is 13.2 Å². The zero-order valence-corrected chi connectivity index (χ0v) is 15.1. The van der Waals surface area contributed by atoms with E-state index in [0.29, 0.717) is 0 Å². The first-order chi connectivity index (χ1) is 11.3. The molecule has 0 fully saturated rings. The topological polar surface area (TPSA) is 79.4 Å². The minimum absolute atomic E-state index is 0.0738. The van der Waals surface area contributed by atoms with Gasteiger partial charge in [0.25, 0.3) is 0 Å². The number of pyridine rings is 1. The number of nitrogens with one attached hydrogen (secondary N) is 1. The number of amides is 1. The zero-order valence-electron chi connectivity index (χ0n) is 12.7. The first kappa shape index (κ1) is 18.5. The second-order valence-corrected chi connectivity index (χ2v) is 7.67. The van der Waals surface area contributed by atoms with Gasteiger partial charge >= 0.3 is 0 Å². The molecule has 6 nitrogen and oxygen atoms in total. The van der Waals surface area contributed by atoms with Crippen molar-refractivity contribution in [3.63, 3.8) is 0 Å². The molecule has 0 saturated carbocycles. The molecule has 0 aliphatic heterocycles. The van der Waals surface area contributed by atoms with Gasteiger partial charge in [0.05, 0.1) is 22.0 Å². The van der Waals surface area contributed by atoms with Gasteiger partial charge in [-0.1, -0.05) is 35.3 Å². The smallest absolute Gasteiger partial charge is 0.241 e. The van der Waals surface area contributed by atoms with Crippen molar-refractivity contribution in [2.24, 2.45) is 0 Å². The van der Waals surface area contributed by atoms with Gasteiger partial charge in [-0.2, -0.15) is 0 Å². The van der Waals surface area contributed by atoms with Crippen molar-refractivity contribution in [1.82, 2.24) is 10.3 Å². The maximum Gasteiger partial charge on any atom is 0.241 e. The Bertz CT molecular complexity index is 829. The molecule has 0 spiro atoms. The molecule has 0 radical (unpaired) electrons. The molecule has 1 aromatic carbocycles. The first-order valence-electron chi connectivity index (χ1n) is 6.86. The number of halogens is 2. The van der Waals surface area contributed by atoms with E-state index in [1.54, 1.807) is 30.6 Å².